The lowest BCUT2D eigenvalue weighted by atomic mass is 10.0. The van der Waals surface area contributed by atoms with Crippen LogP contribution in [-0.2, 0) is 0 Å². The second-order valence-electron chi connectivity index (χ2n) is 3.98. The van der Waals surface area contributed by atoms with Crippen LogP contribution in [-0.4, -0.2) is 18.3 Å². The summed E-state index contributed by atoms with van der Waals surface area (Å²) in [7, 11) is 0. The average molecular weight is 281 g/mol. The maximum Gasteiger partial charge on any atom is 0.262 e. The molecule has 0 saturated heterocycles. The fourth-order valence-electron chi connectivity index (χ4n) is 1.69. The first-order valence-electron chi connectivity index (χ1n) is 5.78. The van der Waals surface area contributed by atoms with Crippen molar-refractivity contribution in [1.82, 2.24) is 5.16 Å². The molecule has 2 rings (SSSR count). The first-order chi connectivity index (χ1) is 8.74. The van der Waals surface area contributed by atoms with Gasteiger partial charge in [-0.25, -0.2) is 0 Å². The number of aromatic nitrogens is 1. The number of allylic oxidation sites excluding steroid dienone is 1. The number of nitrogens with zero attached hydrogens (tertiary/aromatic N) is 1. The van der Waals surface area contributed by atoms with Crippen molar-refractivity contribution < 1.29 is 9.26 Å². The zero-order chi connectivity index (χ0) is 13.0. The Kier molecular flexibility index (Phi) is 5.60. The monoisotopic (exact) mass is 280 g/mol. The highest BCUT2D eigenvalue weighted by atomic mass is 35.5. The summed E-state index contributed by atoms with van der Waals surface area (Å²) in [6.45, 7) is 6.68. The van der Waals surface area contributed by atoms with Gasteiger partial charge < -0.3 is 15.0 Å². The molecule has 0 radical (unpaired) electrons. The van der Waals surface area contributed by atoms with E-state index in [0.717, 1.165) is 16.7 Å². The summed E-state index contributed by atoms with van der Waals surface area (Å²) in [6, 6.07) is 9.76. The fraction of sp³-hybridized carbons (Fsp3) is 0.214. The summed E-state index contributed by atoms with van der Waals surface area (Å²) < 4.78 is 10.8. The second-order valence-corrected chi connectivity index (χ2v) is 3.98. The molecule has 0 amide bonds. The molecule has 0 atom stereocenters. The lowest BCUT2D eigenvalue weighted by Crippen LogP contribution is -2.11. The summed E-state index contributed by atoms with van der Waals surface area (Å²) in [6.07, 6.45) is 0. The molecule has 0 spiro atoms. The van der Waals surface area contributed by atoms with Gasteiger partial charge in [0.15, 0.2) is 5.76 Å². The van der Waals surface area contributed by atoms with Gasteiger partial charge in [-0.1, -0.05) is 36.9 Å². The van der Waals surface area contributed by atoms with Crippen LogP contribution in [0.2, 0.25) is 0 Å². The normalized spacial score (nSPS) is 9.79. The number of nitrogens with two attached hydrogens (primary N) is 1. The van der Waals surface area contributed by atoms with Crippen LogP contribution in [0.25, 0.3) is 16.9 Å². The van der Waals surface area contributed by atoms with Crippen LogP contribution in [0, 0.1) is 0 Å². The molecular weight excluding hydrogens is 264 g/mol. The molecule has 5 heteroatoms. The molecule has 4 nitrogen and oxygen atoms in total. The molecule has 0 saturated carbocycles. The van der Waals surface area contributed by atoms with Crippen LogP contribution in [0.4, 0.5) is 0 Å². The van der Waals surface area contributed by atoms with Crippen molar-refractivity contribution in [2.24, 2.45) is 5.73 Å². The highest BCUT2D eigenvalue weighted by Crippen LogP contribution is 2.34. The molecule has 0 fully saturated rings. The predicted molar refractivity (Wildman–Crippen MR) is 78.4 cm³/mol. The predicted octanol–water partition coefficient (Wildman–Crippen LogP) is 3.13. The van der Waals surface area contributed by atoms with Crippen molar-refractivity contribution in [2.75, 3.05) is 13.2 Å². The molecule has 2 aromatic rings. The molecule has 0 aliphatic carbocycles. The summed E-state index contributed by atoms with van der Waals surface area (Å²) in [5.41, 5.74) is 8.01. The molecule has 1 heterocycles. The highest BCUT2D eigenvalue weighted by Gasteiger charge is 2.19. The Bertz CT molecular complexity index is 538. The van der Waals surface area contributed by atoms with Gasteiger partial charge in [-0.3, -0.25) is 0 Å². The summed E-state index contributed by atoms with van der Waals surface area (Å²) >= 11 is 0. The van der Waals surface area contributed by atoms with E-state index in [1.165, 1.54) is 0 Å². The summed E-state index contributed by atoms with van der Waals surface area (Å²) in [5, 5.41) is 3.94. The van der Waals surface area contributed by atoms with E-state index in [1.807, 2.05) is 37.3 Å². The van der Waals surface area contributed by atoms with Crippen LogP contribution in [0.5, 0.6) is 5.88 Å². The van der Waals surface area contributed by atoms with Gasteiger partial charge in [0.05, 0.1) is 5.56 Å². The number of rotatable bonds is 5. The number of halogens is 1. The summed E-state index contributed by atoms with van der Waals surface area (Å²) in [5.74, 6) is 1.13. The first-order valence-corrected chi connectivity index (χ1v) is 5.78. The van der Waals surface area contributed by atoms with E-state index in [9.17, 15) is 0 Å². The smallest absolute Gasteiger partial charge is 0.262 e. The third kappa shape index (κ3) is 3.36. The molecule has 0 unspecified atom stereocenters. The Balaban J connectivity index is 0.00000180. The maximum atomic E-state index is 5.46. The van der Waals surface area contributed by atoms with Gasteiger partial charge in [0.25, 0.3) is 5.88 Å². The van der Waals surface area contributed by atoms with Crippen LogP contribution in [0.1, 0.15) is 12.5 Å². The molecule has 0 aliphatic rings. The van der Waals surface area contributed by atoms with E-state index in [2.05, 4.69) is 11.7 Å². The van der Waals surface area contributed by atoms with Gasteiger partial charge in [0, 0.05) is 12.1 Å². The third-order valence-corrected chi connectivity index (χ3v) is 2.48. The molecule has 102 valence electrons. The van der Waals surface area contributed by atoms with Gasteiger partial charge >= 0.3 is 0 Å². The Hall–Kier alpha value is -1.78. The van der Waals surface area contributed by atoms with Crippen molar-refractivity contribution in [2.45, 2.75) is 6.92 Å². The lowest BCUT2D eigenvalue weighted by molar-refractivity contribution is 0.288. The largest absolute Gasteiger partial charge is 0.474 e. The molecule has 0 aliphatic heterocycles. The second kappa shape index (κ2) is 6.97. The molecular formula is C14H17ClN2O2. The number of benzene rings is 1. The van der Waals surface area contributed by atoms with Crippen molar-refractivity contribution in [3.05, 3.63) is 42.5 Å². The molecule has 0 bridgehead atoms. The van der Waals surface area contributed by atoms with Crippen LogP contribution < -0.4 is 10.5 Å². The Labute approximate surface area is 118 Å². The summed E-state index contributed by atoms with van der Waals surface area (Å²) in [4.78, 5) is 0. The SMILES string of the molecule is C=C(C)c1c(OCCN)noc1-c1ccccc1.Cl. The van der Waals surface area contributed by atoms with Crippen molar-refractivity contribution in [1.29, 1.82) is 0 Å². The molecule has 1 aromatic carbocycles. The lowest BCUT2D eigenvalue weighted by Gasteiger charge is -2.04. The van der Waals surface area contributed by atoms with Crippen molar-refractivity contribution in [3.63, 3.8) is 0 Å². The average Bonchev–Trinajstić information content (AvgIpc) is 2.81. The Morgan fingerprint density at radius 2 is 2.05 bits per heavy atom. The van der Waals surface area contributed by atoms with Gasteiger partial charge in [0.1, 0.15) is 6.61 Å². The van der Waals surface area contributed by atoms with Gasteiger partial charge in [-0.15, -0.1) is 12.4 Å². The van der Waals surface area contributed by atoms with Crippen LogP contribution in [0.3, 0.4) is 0 Å². The van der Waals surface area contributed by atoms with Crippen LogP contribution >= 0.6 is 12.4 Å². The zero-order valence-electron chi connectivity index (χ0n) is 10.8. The van der Waals surface area contributed by atoms with Crippen molar-refractivity contribution in [3.8, 4) is 17.2 Å². The van der Waals surface area contributed by atoms with Crippen molar-refractivity contribution >= 4 is 18.0 Å². The minimum atomic E-state index is 0. The minimum Gasteiger partial charge on any atom is -0.474 e. The molecule has 2 N–H and O–H groups in total. The van der Waals surface area contributed by atoms with E-state index in [0.29, 0.717) is 24.8 Å². The number of hydrogen-bond donors (Lipinski definition) is 1. The highest BCUT2D eigenvalue weighted by molar-refractivity contribution is 5.85. The van der Waals surface area contributed by atoms with Crippen LogP contribution in [0.15, 0.2) is 41.4 Å². The van der Waals surface area contributed by atoms with E-state index < -0.39 is 0 Å². The first kappa shape index (κ1) is 15.3. The Morgan fingerprint density at radius 3 is 2.63 bits per heavy atom. The Morgan fingerprint density at radius 1 is 1.37 bits per heavy atom. The molecule has 1 aromatic heterocycles. The maximum absolute atomic E-state index is 5.46. The molecule has 19 heavy (non-hydrogen) atoms. The van der Waals surface area contributed by atoms with E-state index in [1.54, 1.807) is 0 Å². The topological polar surface area (TPSA) is 61.3 Å². The van der Waals surface area contributed by atoms with E-state index in [4.69, 9.17) is 15.0 Å². The van der Waals surface area contributed by atoms with Gasteiger partial charge in [-0.2, -0.15) is 0 Å². The van der Waals surface area contributed by atoms with E-state index >= 15 is 0 Å². The standard InChI is InChI=1S/C14H16N2O2.ClH/c1-10(2)12-13(11-6-4-3-5-7-11)18-16-14(12)17-9-8-15;/h3-7H,1,8-9,15H2,2H3;1H. The quantitative estimate of drug-likeness (QED) is 0.914. The van der Waals surface area contributed by atoms with E-state index in [-0.39, 0.29) is 12.4 Å². The zero-order valence-corrected chi connectivity index (χ0v) is 11.6. The number of ether oxygens (including phenoxy) is 1. The third-order valence-electron chi connectivity index (χ3n) is 2.48. The minimum absolute atomic E-state index is 0. The number of hydrogen-bond acceptors (Lipinski definition) is 4. The van der Waals surface area contributed by atoms with Gasteiger partial charge in [0.2, 0.25) is 0 Å². The fourth-order valence-corrected chi connectivity index (χ4v) is 1.69. The van der Waals surface area contributed by atoms with Gasteiger partial charge in [-0.05, 0) is 17.7 Å².